The standard InChI is InChI=1S/C19H25N3O.ClH/c1-19(2)17(13-8-10-22(19)11-9-13)20-18(23)16-12-14-6-4-5-7-15(14)21(16)3;/h4-7,12-13,17H,8-11H2,1-3H3,(H,20,23);1H. The first-order chi connectivity index (χ1) is 11.0. The number of carbonyl (C=O) groups excluding carboxylic acids is 1. The lowest BCUT2D eigenvalue weighted by atomic mass is 9.72. The van der Waals surface area contributed by atoms with Crippen molar-refractivity contribution in [3.05, 3.63) is 36.0 Å². The highest BCUT2D eigenvalue weighted by molar-refractivity contribution is 5.98. The summed E-state index contributed by atoms with van der Waals surface area (Å²) in [5, 5.41) is 4.48. The molecule has 0 radical (unpaired) electrons. The molecule has 5 rings (SSSR count). The normalized spacial score (nSPS) is 27.7. The average molecular weight is 348 g/mol. The van der Waals surface area contributed by atoms with E-state index in [1.807, 2.05) is 29.8 Å². The molecule has 4 nitrogen and oxygen atoms in total. The summed E-state index contributed by atoms with van der Waals surface area (Å²) in [7, 11) is 1.97. The van der Waals surface area contributed by atoms with E-state index in [0.29, 0.717) is 5.92 Å². The number of piperidine rings is 3. The van der Waals surface area contributed by atoms with Crippen molar-refractivity contribution < 1.29 is 4.79 Å². The first kappa shape index (κ1) is 17.3. The number of nitrogens with one attached hydrogen (secondary N) is 1. The van der Waals surface area contributed by atoms with E-state index in [0.717, 1.165) is 29.7 Å². The number of amides is 1. The number of benzene rings is 1. The molecule has 1 atom stereocenters. The first-order valence-electron chi connectivity index (χ1n) is 8.59. The predicted octanol–water partition coefficient (Wildman–Crippen LogP) is 3.20. The number of carbonyl (C=O) groups is 1. The molecule has 3 aliphatic rings. The molecule has 4 heterocycles. The van der Waals surface area contributed by atoms with Crippen LogP contribution in [0.4, 0.5) is 0 Å². The van der Waals surface area contributed by atoms with Crippen molar-refractivity contribution in [3.8, 4) is 0 Å². The Morgan fingerprint density at radius 2 is 1.88 bits per heavy atom. The molecule has 2 bridgehead atoms. The van der Waals surface area contributed by atoms with Gasteiger partial charge in [-0.15, -0.1) is 12.4 Å². The van der Waals surface area contributed by atoms with Crippen LogP contribution in [-0.4, -0.2) is 40.0 Å². The Kier molecular flexibility index (Phi) is 4.39. The third-order valence-electron chi connectivity index (χ3n) is 6.06. The lowest BCUT2D eigenvalue weighted by Gasteiger charge is -2.56. The SMILES string of the molecule is Cl.Cn1c(C(=O)NC2C3CCN(CC3)C2(C)C)cc2ccccc21. The Hall–Kier alpha value is -1.52. The fourth-order valence-corrected chi connectivity index (χ4v) is 4.60. The zero-order chi connectivity index (χ0) is 16.2. The van der Waals surface area contributed by atoms with Crippen molar-refractivity contribution in [3.63, 3.8) is 0 Å². The number of aryl methyl sites for hydroxylation is 1. The monoisotopic (exact) mass is 347 g/mol. The molecule has 1 amide bonds. The number of aromatic nitrogens is 1. The van der Waals surface area contributed by atoms with Crippen LogP contribution in [0.15, 0.2) is 30.3 Å². The van der Waals surface area contributed by atoms with E-state index in [4.69, 9.17) is 0 Å². The van der Waals surface area contributed by atoms with Gasteiger partial charge in [-0.1, -0.05) is 18.2 Å². The maximum Gasteiger partial charge on any atom is 0.268 e. The van der Waals surface area contributed by atoms with Gasteiger partial charge in [-0.25, -0.2) is 0 Å². The molecule has 1 unspecified atom stereocenters. The topological polar surface area (TPSA) is 37.3 Å². The van der Waals surface area contributed by atoms with Crippen LogP contribution >= 0.6 is 12.4 Å². The molecule has 0 aliphatic carbocycles. The Balaban J connectivity index is 0.00000169. The quantitative estimate of drug-likeness (QED) is 0.905. The molecule has 3 saturated heterocycles. The van der Waals surface area contributed by atoms with Crippen molar-refractivity contribution in [1.29, 1.82) is 0 Å². The molecule has 0 saturated carbocycles. The molecule has 3 fully saturated rings. The zero-order valence-electron chi connectivity index (χ0n) is 14.6. The summed E-state index contributed by atoms with van der Waals surface area (Å²) in [4.78, 5) is 15.4. The summed E-state index contributed by atoms with van der Waals surface area (Å²) in [6.07, 6.45) is 2.40. The van der Waals surface area contributed by atoms with Gasteiger partial charge in [0.25, 0.3) is 5.91 Å². The van der Waals surface area contributed by atoms with Crippen LogP contribution in [0.3, 0.4) is 0 Å². The number of para-hydroxylation sites is 1. The van der Waals surface area contributed by atoms with Crippen molar-refractivity contribution in [2.75, 3.05) is 13.1 Å². The Morgan fingerprint density at radius 1 is 1.21 bits per heavy atom. The van der Waals surface area contributed by atoms with Gasteiger partial charge in [-0.2, -0.15) is 0 Å². The summed E-state index contributed by atoms with van der Waals surface area (Å²) in [6.45, 7) is 6.87. The number of rotatable bonds is 2. The fourth-order valence-electron chi connectivity index (χ4n) is 4.60. The molecule has 1 N–H and O–H groups in total. The minimum Gasteiger partial charge on any atom is -0.346 e. The lowest BCUT2D eigenvalue weighted by Crippen LogP contribution is -2.69. The first-order valence-corrected chi connectivity index (χ1v) is 8.59. The molecule has 1 aromatic heterocycles. The van der Waals surface area contributed by atoms with Crippen molar-refractivity contribution in [2.45, 2.75) is 38.3 Å². The van der Waals surface area contributed by atoms with Crippen LogP contribution in [0.2, 0.25) is 0 Å². The summed E-state index contributed by atoms with van der Waals surface area (Å²) >= 11 is 0. The molecular weight excluding hydrogens is 322 g/mol. The highest BCUT2D eigenvalue weighted by Crippen LogP contribution is 2.39. The fraction of sp³-hybridized carbons (Fsp3) is 0.526. The summed E-state index contributed by atoms with van der Waals surface area (Å²) < 4.78 is 2.00. The zero-order valence-corrected chi connectivity index (χ0v) is 15.4. The maximum absolute atomic E-state index is 12.9. The minimum absolute atomic E-state index is 0. The van der Waals surface area contributed by atoms with Crippen LogP contribution in [0.25, 0.3) is 10.9 Å². The largest absolute Gasteiger partial charge is 0.346 e. The van der Waals surface area contributed by atoms with Gasteiger partial charge >= 0.3 is 0 Å². The third-order valence-corrected chi connectivity index (χ3v) is 6.06. The average Bonchev–Trinajstić information content (AvgIpc) is 2.89. The molecule has 2 aromatic rings. The second kappa shape index (κ2) is 6.08. The van der Waals surface area contributed by atoms with Gasteiger partial charge in [-0.3, -0.25) is 9.69 Å². The third kappa shape index (κ3) is 2.52. The number of nitrogens with zero attached hydrogens (tertiary/aromatic N) is 2. The van der Waals surface area contributed by atoms with E-state index in [2.05, 4.69) is 36.2 Å². The van der Waals surface area contributed by atoms with Crippen molar-refractivity contribution >= 4 is 29.2 Å². The van der Waals surface area contributed by atoms with E-state index < -0.39 is 0 Å². The highest BCUT2D eigenvalue weighted by atomic mass is 35.5. The summed E-state index contributed by atoms with van der Waals surface area (Å²) in [6, 6.07) is 10.4. The van der Waals surface area contributed by atoms with Gasteiger partial charge in [0.15, 0.2) is 0 Å². The highest BCUT2D eigenvalue weighted by Gasteiger charge is 2.48. The van der Waals surface area contributed by atoms with Gasteiger partial charge in [0, 0.05) is 29.5 Å². The molecule has 5 heteroatoms. The molecule has 24 heavy (non-hydrogen) atoms. The predicted molar refractivity (Wildman–Crippen MR) is 99.8 cm³/mol. The number of hydrogen-bond donors (Lipinski definition) is 1. The van der Waals surface area contributed by atoms with Crippen LogP contribution in [0.5, 0.6) is 0 Å². The van der Waals surface area contributed by atoms with Gasteiger partial charge < -0.3 is 9.88 Å². The Bertz CT molecular complexity index is 759. The molecule has 130 valence electrons. The van der Waals surface area contributed by atoms with Crippen LogP contribution in [0.1, 0.15) is 37.2 Å². The van der Waals surface area contributed by atoms with Crippen LogP contribution in [0, 0.1) is 5.92 Å². The van der Waals surface area contributed by atoms with Gasteiger partial charge in [0.05, 0.1) is 0 Å². The van der Waals surface area contributed by atoms with E-state index in [1.165, 1.54) is 12.8 Å². The number of halogens is 1. The summed E-state index contributed by atoms with van der Waals surface area (Å²) in [5.74, 6) is 0.657. The van der Waals surface area contributed by atoms with Gasteiger partial charge in [-0.05, 0) is 57.8 Å². The summed E-state index contributed by atoms with van der Waals surface area (Å²) in [5.41, 5.74) is 1.89. The second-order valence-corrected chi connectivity index (χ2v) is 7.58. The number of hydrogen-bond acceptors (Lipinski definition) is 2. The molecule has 1 aromatic carbocycles. The van der Waals surface area contributed by atoms with Crippen LogP contribution < -0.4 is 5.32 Å². The van der Waals surface area contributed by atoms with Crippen LogP contribution in [-0.2, 0) is 7.05 Å². The number of fused-ring (bicyclic) bond motifs is 4. The second-order valence-electron chi connectivity index (χ2n) is 7.58. The molecule has 3 aliphatic heterocycles. The minimum atomic E-state index is 0. The van der Waals surface area contributed by atoms with E-state index in [-0.39, 0.29) is 29.9 Å². The van der Waals surface area contributed by atoms with Gasteiger partial charge in [0.1, 0.15) is 5.69 Å². The van der Waals surface area contributed by atoms with Crippen molar-refractivity contribution in [1.82, 2.24) is 14.8 Å². The van der Waals surface area contributed by atoms with E-state index >= 15 is 0 Å². The lowest BCUT2D eigenvalue weighted by molar-refractivity contribution is -0.0378. The molecule has 0 spiro atoms. The van der Waals surface area contributed by atoms with Gasteiger partial charge in [0.2, 0.25) is 0 Å². The molecular formula is C19H26ClN3O. The van der Waals surface area contributed by atoms with E-state index in [1.54, 1.807) is 0 Å². The van der Waals surface area contributed by atoms with Crippen molar-refractivity contribution in [2.24, 2.45) is 13.0 Å². The maximum atomic E-state index is 12.9. The Morgan fingerprint density at radius 3 is 2.50 bits per heavy atom. The smallest absolute Gasteiger partial charge is 0.268 e. The van der Waals surface area contributed by atoms with E-state index in [9.17, 15) is 4.79 Å². The Labute approximate surface area is 149 Å².